The summed E-state index contributed by atoms with van der Waals surface area (Å²) in [7, 11) is 0. The normalized spacial score (nSPS) is 35.1. The van der Waals surface area contributed by atoms with Crippen LogP contribution in [0.4, 0.5) is 0 Å². The predicted molar refractivity (Wildman–Crippen MR) is 59.1 cm³/mol. The molecule has 0 heteroatoms. The molecule has 1 aromatic carbocycles. The number of aryl methyl sites for hydroxylation is 1. The summed E-state index contributed by atoms with van der Waals surface area (Å²) in [4.78, 5) is 0. The highest BCUT2D eigenvalue weighted by Crippen LogP contribution is 2.52. The second kappa shape index (κ2) is 3.12. The summed E-state index contributed by atoms with van der Waals surface area (Å²) in [6, 6.07) is 8.89. The van der Waals surface area contributed by atoms with Gasteiger partial charge in [-0.1, -0.05) is 24.3 Å². The van der Waals surface area contributed by atoms with Gasteiger partial charge in [0.1, 0.15) is 0 Å². The molecule has 3 atom stereocenters. The van der Waals surface area contributed by atoms with Crippen LogP contribution in [-0.2, 0) is 0 Å². The molecular weight excluding hydrogens is 168 g/mol. The molecule has 0 amide bonds. The Morgan fingerprint density at radius 1 is 1.14 bits per heavy atom. The van der Waals surface area contributed by atoms with Gasteiger partial charge in [-0.3, -0.25) is 0 Å². The van der Waals surface area contributed by atoms with E-state index in [1.165, 1.54) is 24.8 Å². The van der Waals surface area contributed by atoms with Crippen molar-refractivity contribution in [2.75, 3.05) is 0 Å². The quantitative estimate of drug-likeness (QED) is 0.625. The van der Waals surface area contributed by atoms with Crippen LogP contribution in [0.2, 0.25) is 0 Å². The number of rotatable bonds is 1. The SMILES string of the molecule is Cc1ccccc1C1[CH]C2CCC1C2. The molecule has 3 rings (SSSR count). The molecule has 2 bridgehead atoms. The molecule has 0 aliphatic heterocycles. The van der Waals surface area contributed by atoms with Crippen molar-refractivity contribution in [2.45, 2.75) is 32.1 Å². The van der Waals surface area contributed by atoms with Crippen molar-refractivity contribution in [1.29, 1.82) is 0 Å². The van der Waals surface area contributed by atoms with E-state index in [1.54, 1.807) is 5.56 Å². The molecule has 0 nitrogen and oxygen atoms in total. The van der Waals surface area contributed by atoms with Gasteiger partial charge in [-0.2, -0.15) is 0 Å². The fraction of sp³-hybridized carbons (Fsp3) is 0.500. The Bertz CT molecular complexity index is 340. The van der Waals surface area contributed by atoms with Crippen LogP contribution in [0.3, 0.4) is 0 Å². The lowest BCUT2D eigenvalue weighted by Crippen LogP contribution is -2.10. The maximum atomic E-state index is 2.61. The van der Waals surface area contributed by atoms with Gasteiger partial charge in [0, 0.05) is 0 Å². The lowest BCUT2D eigenvalue weighted by atomic mass is 9.82. The van der Waals surface area contributed by atoms with Crippen LogP contribution in [0, 0.1) is 25.2 Å². The number of hydrogen-bond donors (Lipinski definition) is 0. The molecule has 14 heavy (non-hydrogen) atoms. The van der Waals surface area contributed by atoms with Crippen LogP contribution in [0.5, 0.6) is 0 Å². The molecule has 73 valence electrons. The molecule has 0 aromatic heterocycles. The van der Waals surface area contributed by atoms with Crippen molar-refractivity contribution in [3.05, 3.63) is 41.8 Å². The highest BCUT2D eigenvalue weighted by molar-refractivity contribution is 5.34. The van der Waals surface area contributed by atoms with Gasteiger partial charge in [-0.05, 0) is 61.5 Å². The fourth-order valence-corrected chi connectivity index (χ4v) is 3.32. The van der Waals surface area contributed by atoms with Crippen molar-refractivity contribution in [2.24, 2.45) is 11.8 Å². The van der Waals surface area contributed by atoms with E-state index < -0.39 is 0 Å². The van der Waals surface area contributed by atoms with Crippen LogP contribution in [0.1, 0.15) is 36.3 Å². The topological polar surface area (TPSA) is 0 Å². The van der Waals surface area contributed by atoms with Gasteiger partial charge in [0.05, 0.1) is 0 Å². The van der Waals surface area contributed by atoms with Gasteiger partial charge < -0.3 is 0 Å². The third-order valence-corrected chi connectivity index (χ3v) is 4.05. The van der Waals surface area contributed by atoms with E-state index >= 15 is 0 Å². The Morgan fingerprint density at radius 2 is 2.00 bits per heavy atom. The predicted octanol–water partition coefficient (Wildman–Crippen LogP) is 3.71. The van der Waals surface area contributed by atoms with E-state index in [1.807, 2.05) is 0 Å². The Morgan fingerprint density at radius 3 is 2.64 bits per heavy atom. The minimum absolute atomic E-state index is 0.773. The summed E-state index contributed by atoms with van der Waals surface area (Å²) in [6.07, 6.45) is 6.97. The lowest BCUT2D eigenvalue weighted by Gasteiger charge is -2.23. The maximum Gasteiger partial charge on any atom is -0.00969 e. The first-order valence-corrected chi connectivity index (χ1v) is 5.75. The Labute approximate surface area is 86.3 Å². The van der Waals surface area contributed by atoms with Crippen LogP contribution in [-0.4, -0.2) is 0 Å². The third kappa shape index (κ3) is 1.20. The molecule has 2 fully saturated rings. The van der Waals surface area contributed by atoms with Crippen molar-refractivity contribution >= 4 is 0 Å². The van der Waals surface area contributed by atoms with Gasteiger partial charge in [-0.25, -0.2) is 0 Å². The Hall–Kier alpha value is -0.780. The zero-order chi connectivity index (χ0) is 9.54. The van der Waals surface area contributed by atoms with Gasteiger partial charge in [-0.15, -0.1) is 0 Å². The van der Waals surface area contributed by atoms with E-state index in [0.29, 0.717) is 0 Å². The number of hydrogen-bond acceptors (Lipinski definition) is 0. The van der Waals surface area contributed by atoms with E-state index in [0.717, 1.165) is 17.8 Å². The second-order valence-electron chi connectivity index (χ2n) is 4.91. The monoisotopic (exact) mass is 185 g/mol. The zero-order valence-electron chi connectivity index (χ0n) is 8.74. The first-order valence-electron chi connectivity index (χ1n) is 5.75. The highest BCUT2D eigenvalue weighted by atomic mass is 14.4. The molecule has 3 unspecified atom stereocenters. The molecule has 2 aliphatic carbocycles. The highest BCUT2D eigenvalue weighted by Gasteiger charge is 2.40. The van der Waals surface area contributed by atoms with E-state index in [2.05, 4.69) is 37.6 Å². The smallest absolute Gasteiger partial charge is 0.00969 e. The molecule has 0 heterocycles. The Kier molecular flexibility index (Phi) is 1.90. The maximum absolute atomic E-state index is 2.61. The summed E-state index contributed by atoms with van der Waals surface area (Å²) < 4.78 is 0. The average Bonchev–Trinajstić information content (AvgIpc) is 2.79. The van der Waals surface area contributed by atoms with Crippen LogP contribution in [0.15, 0.2) is 24.3 Å². The molecule has 2 aliphatic rings. The minimum Gasteiger partial charge on any atom is -0.0620 e. The zero-order valence-corrected chi connectivity index (χ0v) is 8.74. The average molecular weight is 185 g/mol. The van der Waals surface area contributed by atoms with Crippen molar-refractivity contribution in [3.63, 3.8) is 0 Å². The summed E-state index contributed by atoms with van der Waals surface area (Å²) in [5.41, 5.74) is 3.06. The molecule has 0 spiro atoms. The van der Waals surface area contributed by atoms with Gasteiger partial charge in [0.2, 0.25) is 0 Å². The first kappa shape index (κ1) is 8.52. The van der Waals surface area contributed by atoms with Gasteiger partial charge >= 0.3 is 0 Å². The molecular formula is C14H17. The van der Waals surface area contributed by atoms with Gasteiger partial charge in [0.15, 0.2) is 0 Å². The van der Waals surface area contributed by atoms with E-state index in [4.69, 9.17) is 0 Å². The molecule has 0 saturated heterocycles. The Balaban J connectivity index is 1.93. The molecule has 1 radical (unpaired) electrons. The van der Waals surface area contributed by atoms with Gasteiger partial charge in [0.25, 0.3) is 0 Å². The van der Waals surface area contributed by atoms with E-state index in [-0.39, 0.29) is 0 Å². The summed E-state index contributed by atoms with van der Waals surface area (Å²) in [5.74, 6) is 2.67. The van der Waals surface area contributed by atoms with Crippen LogP contribution < -0.4 is 0 Å². The van der Waals surface area contributed by atoms with Crippen molar-refractivity contribution in [3.8, 4) is 0 Å². The van der Waals surface area contributed by atoms with E-state index in [9.17, 15) is 0 Å². The largest absolute Gasteiger partial charge is 0.0620 e. The summed E-state index contributed by atoms with van der Waals surface area (Å²) in [5, 5.41) is 0. The second-order valence-corrected chi connectivity index (χ2v) is 4.91. The summed E-state index contributed by atoms with van der Waals surface area (Å²) >= 11 is 0. The first-order chi connectivity index (χ1) is 6.84. The molecule has 2 saturated carbocycles. The molecule has 0 N–H and O–H groups in total. The van der Waals surface area contributed by atoms with Crippen LogP contribution >= 0.6 is 0 Å². The number of fused-ring (bicyclic) bond motifs is 2. The standard InChI is InChI=1S/C14H17/c1-10-4-2-3-5-13(10)14-9-11-6-7-12(14)8-11/h2-5,9,11-12,14H,6-8H2,1H3. The lowest BCUT2D eigenvalue weighted by molar-refractivity contribution is 0.490. The number of benzene rings is 1. The van der Waals surface area contributed by atoms with Crippen molar-refractivity contribution < 1.29 is 0 Å². The minimum atomic E-state index is 0.773. The molecule has 1 aromatic rings. The summed E-state index contributed by atoms with van der Waals surface area (Å²) in [6.45, 7) is 2.25. The van der Waals surface area contributed by atoms with Crippen molar-refractivity contribution in [1.82, 2.24) is 0 Å². The third-order valence-electron chi connectivity index (χ3n) is 4.05. The van der Waals surface area contributed by atoms with Crippen LogP contribution in [0.25, 0.3) is 0 Å². The fourth-order valence-electron chi connectivity index (χ4n) is 3.32.